The first kappa shape index (κ1) is 13.9. The van der Waals surface area contributed by atoms with Crippen LogP contribution in [0, 0.1) is 5.92 Å². The number of carbonyl (C=O) groups is 2. The molecule has 2 amide bonds. The fourth-order valence-corrected chi connectivity index (χ4v) is 3.04. The number of nitrogens with one attached hydrogen (secondary N) is 1. The smallest absolute Gasteiger partial charge is 0.331 e. The second kappa shape index (κ2) is 6.06. The first-order valence-corrected chi connectivity index (χ1v) is 7.31. The topological polar surface area (TPSA) is 69.6 Å². The molecule has 5 nitrogen and oxygen atoms in total. The van der Waals surface area contributed by atoms with Crippen molar-refractivity contribution in [3.63, 3.8) is 0 Å². The van der Waals surface area contributed by atoms with Crippen molar-refractivity contribution in [2.24, 2.45) is 5.92 Å². The van der Waals surface area contributed by atoms with Gasteiger partial charge < -0.3 is 15.3 Å². The SMILES string of the molecule is CCC1CCN(C(=O)NC(C(=O)O)c2cccs2)C1. The molecule has 6 heteroatoms. The van der Waals surface area contributed by atoms with Gasteiger partial charge in [0.1, 0.15) is 0 Å². The molecule has 1 aliphatic heterocycles. The third-order valence-electron chi connectivity index (χ3n) is 3.49. The monoisotopic (exact) mass is 282 g/mol. The molecule has 2 rings (SSSR count). The van der Waals surface area contributed by atoms with Crippen LogP contribution < -0.4 is 5.32 Å². The van der Waals surface area contributed by atoms with E-state index in [9.17, 15) is 14.7 Å². The Hall–Kier alpha value is -1.56. The maximum absolute atomic E-state index is 12.1. The standard InChI is InChI=1S/C13H18N2O3S/c1-2-9-5-6-15(8-9)13(18)14-11(12(16)17)10-4-3-7-19-10/h3-4,7,9,11H,2,5-6,8H2,1H3,(H,14,18)(H,16,17). The predicted octanol–water partition coefficient (Wildman–Crippen LogP) is 2.32. The summed E-state index contributed by atoms with van der Waals surface area (Å²) in [5, 5.41) is 13.6. The highest BCUT2D eigenvalue weighted by Gasteiger charge is 2.29. The van der Waals surface area contributed by atoms with Gasteiger partial charge in [-0.2, -0.15) is 0 Å². The van der Waals surface area contributed by atoms with Crippen molar-refractivity contribution in [2.45, 2.75) is 25.8 Å². The van der Waals surface area contributed by atoms with E-state index in [0.29, 0.717) is 17.3 Å². The summed E-state index contributed by atoms with van der Waals surface area (Å²) in [5.74, 6) is -0.488. The molecule has 2 unspecified atom stereocenters. The van der Waals surface area contributed by atoms with Crippen molar-refractivity contribution in [1.82, 2.24) is 10.2 Å². The minimum absolute atomic E-state index is 0.281. The predicted molar refractivity (Wildman–Crippen MR) is 73.2 cm³/mol. The lowest BCUT2D eigenvalue weighted by Gasteiger charge is -2.20. The van der Waals surface area contributed by atoms with Crippen molar-refractivity contribution < 1.29 is 14.7 Å². The van der Waals surface area contributed by atoms with Crippen molar-refractivity contribution >= 4 is 23.3 Å². The molecule has 2 atom stereocenters. The molecule has 104 valence electrons. The zero-order valence-electron chi connectivity index (χ0n) is 10.8. The highest BCUT2D eigenvalue weighted by molar-refractivity contribution is 7.10. The van der Waals surface area contributed by atoms with Gasteiger partial charge in [-0.15, -0.1) is 11.3 Å². The van der Waals surface area contributed by atoms with E-state index in [1.54, 1.807) is 22.4 Å². The van der Waals surface area contributed by atoms with Crippen LogP contribution in [0.2, 0.25) is 0 Å². The lowest BCUT2D eigenvalue weighted by molar-refractivity contribution is -0.139. The van der Waals surface area contributed by atoms with E-state index in [2.05, 4.69) is 12.2 Å². The summed E-state index contributed by atoms with van der Waals surface area (Å²) in [7, 11) is 0. The van der Waals surface area contributed by atoms with Crippen LogP contribution in [0.1, 0.15) is 30.7 Å². The number of nitrogens with zero attached hydrogens (tertiary/aromatic N) is 1. The van der Waals surface area contributed by atoms with Crippen molar-refractivity contribution in [1.29, 1.82) is 0 Å². The Labute approximate surface area is 116 Å². The van der Waals surface area contributed by atoms with Crippen molar-refractivity contribution in [3.8, 4) is 0 Å². The minimum atomic E-state index is -1.03. The fraction of sp³-hybridized carbons (Fsp3) is 0.538. The fourth-order valence-electron chi connectivity index (χ4n) is 2.28. The Morgan fingerprint density at radius 3 is 2.95 bits per heavy atom. The number of carbonyl (C=O) groups excluding carboxylic acids is 1. The van der Waals surface area contributed by atoms with Gasteiger partial charge in [0.2, 0.25) is 0 Å². The van der Waals surface area contributed by atoms with Crippen molar-refractivity contribution in [2.75, 3.05) is 13.1 Å². The molecule has 1 aromatic rings. The van der Waals surface area contributed by atoms with Gasteiger partial charge in [-0.05, 0) is 23.8 Å². The lowest BCUT2D eigenvalue weighted by atomic mass is 10.1. The van der Waals surface area contributed by atoms with Crippen molar-refractivity contribution in [3.05, 3.63) is 22.4 Å². The molecule has 1 saturated heterocycles. The summed E-state index contributed by atoms with van der Waals surface area (Å²) >= 11 is 1.33. The van der Waals surface area contributed by atoms with Crippen LogP contribution in [0.4, 0.5) is 4.79 Å². The van der Waals surface area contributed by atoms with Gasteiger partial charge in [-0.1, -0.05) is 19.4 Å². The number of likely N-dealkylation sites (tertiary alicyclic amines) is 1. The van der Waals surface area contributed by atoms with Gasteiger partial charge in [-0.3, -0.25) is 0 Å². The molecule has 0 saturated carbocycles. The van der Waals surface area contributed by atoms with Crippen LogP contribution in [-0.2, 0) is 4.79 Å². The summed E-state index contributed by atoms with van der Waals surface area (Å²) in [6.07, 6.45) is 2.05. The Bertz CT molecular complexity index is 447. The molecular weight excluding hydrogens is 264 g/mol. The first-order valence-electron chi connectivity index (χ1n) is 6.43. The maximum atomic E-state index is 12.1. The Morgan fingerprint density at radius 1 is 1.63 bits per heavy atom. The molecule has 19 heavy (non-hydrogen) atoms. The van der Waals surface area contributed by atoms with E-state index in [1.807, 2.05) is 0 Å². The van der Waals surface area contributed by atoms with E-state index >= 15 is 0 Å². The van der Waals surface area contributed by atoms with Gasteiger partial charge in [0.25, 0.3) is 0 Å². The van der Waals surface area contributed by atoms with E-state index in [1.165, 1.54) is 11.3 Å². The highest BCUT2D eigenvalue weighted by atomic mass is 32.1. The minimum Gasteiger partial charge on any atom is -0.479 e. The number of carboxylic acids is 1. The molecule has 0 aromatic carbocycles. The van der Waals surface area contributed by atoms with Gasteiger partial charge >= 0.3 is 12.0 Å². The van der Waals surface area contributed by atoms with E-state index in [-0.39, 0.29) is 6.03 Å². The molecule has 0 radical (unpaired) electrons. The second-order valence-electron chi connectivity index (χ2n) is 4.75. The number of carboxylic acid groups (broad SMARTS) is 1. The van der Waals surface area contributed by atoms with Crippen LogP contribution in [0.25, 0.3) is 0 Å². The lowest BCUT2D eigenvalue weighted by Crippen LogP contribution is -2.42. The molecule has 0 spiro atoms. The average Bonchev–Trinajstić information content (AvgIpc) is 3.05. The number of rotatable bonds is 4. The van der Waals surface area contributed by atoms with E-state index in [4.69, 9.17) is 0 Å². The van der Waals surface area contributed by atoms with Gasteiger partial charge in [0.05, 0.1) is 0 Å². The molecule has 2 heterocycles. The van der Waals surface area contributed by atoms with E-state index in [0.717, 1.165) is 19.4 Å². The van der Waals surface area contributed by atoms with Crippen LogP contribution >= 0.6 is 11.3 Å². The summed E-state index contributed by atoms with van der Waals surface area (Å²) in [6.45, 7) is 3.54. The third kappa shape index (κ3) is 3.26. The number of hydrogen-bond donors (Lipinski definition) is 2. The summed E-state index contributed by atoms with van der Waals surface area (Å²) in [6, 6.07) is 2.28. The molecular formula is C13H18N2O3S. The van der Waals surface area contributed by atoms with E-state index < -0.39 is 12.0 Å². The summed E-state index contributed by atoms with van der Waals surface area (Å²) in [4.78, 5) is 25.7. The second-order valence-corrected chi connectivity index (χ2v) is 5.72. The zero-order valence-corrected chi connectivity index (χ0v) is 11.7. The number of amides is 2. The molecule has 2 N–H and O–H groups in total. The van der Waals surface area contributed by atoms with Gasteiger partial charge in [-0.25, -0.2) is 9.59 Å². The van der Waals surface area contributed by atoms with Crippen LogP contribution in [0.5, 0.6) is 0 Å². The Morgan fingerprint density at radius 2 is 2.42 bits per heavy atom. The number of thiophene rings is 1. The molecule has 1 aliphatic rings. The number of aliphatic carboxylic acids is 1. The first-order chi connectivity index (χ1) is 9.11. The largest absolute Gasteiger partial charge is 0.479 e. The Kier molecular flexibility index (Phi) is 4.42. The quantitative estimate of drug-likeness (QED) is 0.890. The van der Waals surface area contributed by atoms with Crippen LogP contribution in [0.3, 0.4) is 0 Å². The maximum Gasteiger partial charge on any atom is 0.331 e. The third-order valence-corrected chi connectivity index (χ3v) is 4.43. The zero-order chi connectivity index (χ0) is 13.8. The molecule has 1 aromatic heterocycles. The molecule has 0 aliphatic carbocycles. The average molecular weight is 282 g/mol. The number of hydrogen-bond acceptors (Lipinski definition) is 3. The highest BCUT2D eigenvalue weighted by Crippen LogP contribution is 2.22. The summed E-state index contributed by atoms with van der Waals surface area (Å²) in [5.41, 5.74) is 0. The van der Waals surface area contributed by atoms with Crippen LogP contribution in [0.15, 0.2) is 17.5 Å². The number of urea groups is 1. The summed E-state index contributed by atoms with van der Waals surface area (Å²) < 4.78 is 0. The van der Waals surface area contributed by atoms with Gasteiger partial charge in [0.15, 0.2) is 6.04 Å². The van der Waals surface area contributed by atoms with Gasteiger partial charge in [0, 0.05) is 18.0 Å². The normalized spacial score (nSPS) is 20.3. The Balaban J connectivity index is 1.98. The van der Waals surface area contributed by atoms with Crippen LogP contribution in [-0.4, -0.2) is 35.1 Å². The molecule has 0 bridgehead atoms. The molecule has 1 fully saturated rings.